The Hall–Kier alpha value is -1.86. The van der Waals surface area contributed by atoms with Crippen molar-refractivity contribution < 1.29 is 8.42 Å². The molecule has 0 saturated carbocycles. The number of imidazole rings is 1. The van der Waals surface area contributed by atoms with Crippen LogP contribution in [0.15, 0.2) is 35.5 Å². The van der Waals surface area contributed by atoms with Gasteiger partial charge in [-0.2, -0.15) is 0 Å². The van der Waals surface area contributed by atoms with Gasteiger partial charge >= 0.3 is 0 Å². The van der Waals surface area contributed by atoms with E-state index < -0.39 is 10.0 Å². The summed E-state index contributed by atoms with van der Waals surface area (Å²) in [5, 5.41) is 3.25. The van der Waals surface area contributed by atoms with Crippen LogP contribution in [0.1, 0.15) is 17.8 Å². The highest BCUT2D eigenvalue weighted by molar-refractivity contribution is 7.89. The van der Waals surface area contributed by atoms with Gasteiger partial charge < -0.3 is 9.88 Å². The molecule has 1 aromatic heterocycles. The van der Waals surface area contributed by atoms with Gasteiger partial charge in [-0.1, -0.05) is 6.07 Å². The van der Waals surface area contributed by atoms with Crippen molar-refractivity contribution in [2.24, 2.45) is 7.05 Å². The molecule has 0 spiro atoms. The van der Waals surface area contributed by atoms with Crippen molar-refractivity contribution in [1.29, 1.82) is 0 Å². The number of sulfonamides is 1. The highest BCUT2D eigenvalue weighted by Crippen LogP contribution is 2.25. The van der Waals surface area contributed by atoms with Crippen molar-refractivity contribution in [1.82, 2.24) is 14.3 Å². The van der Waals surface area contributed by atoms with Crippen molar-refractivity contribution in [3.05, 3.63) is 42.0 Å². The van der Waals surface area contributed by atoms with Crippen LogP contribution in [0.2, 0.25) is 0 Å². The van der Waals surface area contributed by atoms with Crippen LogP contribution >= 0.6 is 0 Å². The van der Waals surface area contributed by atoms with Crippen LogP contribution in [0.4, 0.5) is 5.69 Å². The van der Waals surface area contributed by atoms with E-state index in [9.17, 15) is 8.42 Å². The number of rotatable bonds is 4. The van der Waals surface area contributed by atoms with Gasteiger partial charge in [0.25, 0.3) is 0 Å². The van der Waals surface area contributed by atoms with E-state index in [2.05, 4.69) is 15.0 Å². The van der Waals surface area contributed by atoms with Gasteiger partial charge in [0, 0.05) is 31.7 Å². The number of benzene rings is 1. The molecule has 7 heteroatoms. The first-order valence-electron chi connectivity index (χ1n) is 6.89. The summed E-state index contributed by atoms with van der Waals surface area (Å²) in [6.07, 6.45) is 5.50. The third kappa shape index (κ3) is 2.93. The lowest BCUT2D eigenvalue weighted by Gasteiger charge is -2.18. The highest BCUT2D eigenvalue weighted by atomic mass is 32.2. The zero-order valence-corrected chi connectivity index (χ0v) is 12.7. The number of hydrogen-bond acceptors (Lipinski definition) is 4. The lowest BCUT2D eigenvalue weighted by molar-refractivity contribution is 0.577. The molecule has 0 amide bonds. The maximum Gasteiger partial charge on any atom is 0.241 e. The SMILES string of the molecule is Cn1ccnc1CNS(=O)(=O)c1ccc2c(c1)NCCC2. The molecular formula is C14H18N4O2S. The second-order valence-corrected chi connectivity index (χ2v) is 6.90. The summed E-state index contributed by atoms with van der Waals surface area (Å²) in [5.74, 6) is 0.676. The quantitative estimate of drug-likeness (QED) is 0.891. The zero-order valence-electron chi connectivity index (χ0n) is 11.8. The fourth-order valence-electron chi connectivity index (χ4n) is 2.42. The monoisotopic (exact) mass is 306 g/mol. The van der Waals surface area contributed by atoms with Gasteiger partial charge in [0.2, 0.25) is 10.0 Å². The van der Waals surface area contributed by atoms with E-state index >= 15 is 0 Å². The van der Waals surface area contributed by atoms with Crippen molar-refractivity contribution >= 4 is 15.7 Å². The standard InChI is InChI=1S/C14H18N4O2S/c1-18-8-7-16-14(18)10-17-21(19,20)12-5-4-11-3-2-6-15-13(11)9-12/h4-5,7-9,15,17H,2-3,6,10H2,1H3. The van der Waals surface area contributed by atoms with Crippen LogP contribution in [0.25, 0.3) is 0 Å². The molecule has 0 atom stereocenters. The predicted molar refractivity (Wildman–Crippen MR) is 80.5 cm³/mol. The minimum Gasteiger partial charge on any atom is -0.385 e. The Labute approximate surface area is 124 Å². The fraction of sp³-hybridized carbons (Fsp3) is 0.357. The molecule has 0 radical (unpaired) electrons. The number of hydrogen-bond donors (Lipinski definition) is 2. The third-order valence-electron chi connectivity index (χ3n) is 3.67. The molecule has 0 saturated heterocycles. The zero-order chi connectivity index (χ0) is 14.9. The number of fused-ring (bicyclic) bond motifs is 1. The van der Waals surface area contributed by atoms with Gasteiger partial charge in [-0.25, -0.2) is 18.1 Å². The Bertz CT molecular complexity index is 752. The summed E-state index contributed by atoms with van der Waals surface area (Å²) >= 11 is 0. The molecule has 3 rings (SSSR count). The molecule has 1 aromatic carbocycles. The molecule has 0 fully saturated rings. The van der Waals surface area contributed by atoms with E-state index in [1.54, 1.807) is 29.1 Å². The van der Waals surface area contributed by atoms with Crippen molar-refractivity contribution in [3.63, 3.8) is 0 Å². The smallest absolute Gasteiger partial charge is 0.241 e. The van der Waals surface area contributed by atoms with Crippen LogP contribution in [0.5, 0.6) is 0 Å². The van der Waals surface area contributed by atoms with Crippen LogP contribution in [-0.4, -0.2) is 24.5 Å². The first-order valence-corrected chi connectivity index (χ1v) is 8.37. The predicted octanol–water partition coefficient (Wildman–Crippen LogP) is 1.26. The number of nitrogens with one attached hydrogen (secondary N) is 2. The molecule has 0 aliphatic carbocycles. The van der Waals surface area contributed by atoms with E-state index in [-0.39, 0.29) is 11.4 Å². The van der Waals surface area contributed by atoms with E-state index in [1.807, 2.05) is 13.1 Å². The first-order chi connectivity index (χ1) is 10.1. The molecule has 0 unspecified atom stereocenters. The number of aryl methyl sites for hydroxylation is 2. The average molecular weight is 306 g/mol. The third-order valence-corrected chi connectivity index (χ3v) is 5.07. The fourth-order valence-corrected chi connectivity index (χ4v) is 3.42. The first kappa shape index (κ1) is 14.1. The molecule has 1 aliphatic rings. The van der Waals surface area contributed by atoms with Crippen molar-refractivity contribution in [2.75, 3.05) is 11.9 Å². The van der Waals surface area contributed by atoms with Gasteiger partial charge in [-0.15, -0.1) is 0 Å². The second kappa shape index (κ2) is 5.50. The molecule has 2 N–H and O–H groups in total. The van der Waals surface area contributed by atoms with Gasteiger partial charge in [0.15, 0.2) is 0 Å². The summed E-state index contributed by atoms with van der Waals surface area (Å²) in [7, 11) is -1.70. The Morgan fingerprint density at radius 2 is 2.29 bits per heavy atom. The average Bonchev–Trinajstić information content (AvgIpc) is 2.90. The largest absolute Gasteiger partial charge is 0.385 e. The Kier molecular flexibility index (Phi) is 3.69. The van der Waals surface area contributed by atoms with Gasteiger partial charge in [-0.05, 0) is 30.5 Å². The van der Waals surface area contributed by atoms with Crippen LogP contribution in [0, 0.1) is 0 Å². The number of nitrogens with zero attached hydrogens (tertiary/aromatic N) is 2. The number of anilines is 1. The van der Waals surface area contributed by atoms with E-state index in [0.717, 1.165) is 25.1 Å². The van der Waals surface area contributed by atoms with Gasteiger partial charge in [-0.3, -0.25) is 0 Å². The molecule has 1 aliphatic heterocycles. The summed E-state index contributed by atoms with van der Waals surface area (Å²) in [6, 6.07) is 5.25. The van der Waals surface area contributed by atoms with E-state index in [0.29, 0.717) is 5.82 Å². The van der Waals surface area contributed by atoms with Crippen molar-refractivity contribution in [2.45, 2.75) is 24.3 Å². The van der Waals surface area contributed by atoms with E-state index in [1.165, 1.54) is 5.56 Å². The Balaban J connectivity index is 1.80. The molecule has 2 aromatic rings. The number of aromatic nitrogens is 2. The Morgan fingerprint density at radius 1 is 1.43 bits per heavy atom. The van der Waals surface area contributed by atoms with Crippen LogP contribution in [-0.2, 0) is 30.0 Å². The van der Waals surface area contributed by atoms with Crippen molar-refractivity contribution in [3.8, 4) is 0 Å². The lowest BCUT2D eigenvalue weighted by atomic mass is 10.0. The molecule has 112 valence electrons. The molecular weight excluding hydrogens is 288 g/mol. The van der Waals surface area contributed by atoms with Crippen LogP contribution in [0.3, 0.4) is 0 Å². The summed E-state index contributed by atoms with van der Waals surface area (Å²) < 4.78 is 29.1. The maximum atomic E-state index is 12.3. The lowest BCUT2D eigenvalue weighted by Crippen LogP contribution is -2.25. The molecule has 0 bridgehead atoms. The molecule has 6 nitrogen and oxygen atoms in total. The Morgan fingerprint density at radius 3 is 3.05 bits per heavy atom. The highest BCUT2D eigenvalue weighted by Gasteiger charge is 2.18. The van der Waals surface area contributed by atoms with Crippen LogP contribution < -0.4 is 10.0 Å². The van der Waals surface area contributed by atoms with Gasteiger partial charge in [0.05, 0.1) is 11.4 Å². The second-order valence-electron chi connectivity index (χ2n) is 5.13. The minimum absolute atomic E-state index is 0.177. The van der Waals surface area contributed by atoms with Gasteiger partial charge in [0.1, 0.15) is 5.82 Å². The molecule has 2 heterocycles. The summed E-state index contributed by atoms with van der Waals surface area (Å²) in [4.78, 5) is 4.39. The summed E-state index contributed by atoms with van der Waals surface area (Å²) in [5.41, 5.74) is 2.09. The summed E-state index contributed by atoms with van der Waals surface area (Å²) in [6.45, 7) is 1.06. The normalized spacial score (nSPS) is 14.5. The maximum absolute atomic E-state index is 12.3. The van der Waals surface area contributed by atoms with E-state index in [4.69, 9.17) is 0 Å². The topological polar surface area (TPSA) is 76.0 Å². The molecule has 21 heavy (non-hydrogen) atoms. The minimum atomic E-state index is -3.53.